The van der Waals surface area contributed by atoms with Gasteiger partial charge < -0.3 is 14.5 Å². The van der Waals surface area contributed by atoms with Gasteiger partial charge in [-0.1, -0.05) is 72.8 Å². The van der Waals surface area contributed by atoms with Crippen molar-refractivity contribution in [3.8, 4) is 11.8 Å². The van der Waals surface area contributed by atoms with Crippen LogP contribution in [0.2, 0.25) is 0 Å². The molecule has 5 aliphatic rings. The normalized spacial score (nSPS) is 27.9. The molecule has 5 atom stereocenters. The SMILES string of the molecule is CN1CCC(C#N)=C(C2C=C(c3cccc(N4c5ccccc5C5C6c7ccccc7OC6C=CC54)c3)C=CC2)C1. The van der Waals surface area contributed by atoms with Crippen LogP contribution in [0, 0.1) is 17.2 Å². The second-order valence-electron chi connectivity index (χ2n) is 12.0. The number of allylic oxidation sites excluding steroid dienone is 4. The molecule has 0 fully saturated rings. The lowest BCUT2D eigenvalue weighted by atomic mass is 9.73. The Bertz CT molecular complexity index is 1700. The summed E-state index contributed by atoms with van der Waals surface area (Å²) in [5.41, 5.74) is 9.95. The Hall–Kier alpha value is -4.33. The first kappa shape index (κ1) is 24.5. The van der Waals surface area contributed by atoms with Crippen molar-refractivity contribution in [1.29, 1.82) is 5.26 Å². The average molecular weight is 536 g/mol. The molecular weight excluding hydrogens is 502 g/mol. The lowest BCUT2D eigenvalue weighted by molar-refractivity contribution is 0.229. The minimum absolute atomic E-state index is 0.0777. The van der Waals surface area contributed by atoms with Crippen LogP contribution in [0.5, 0.6) is 5.75 Å². The van der Waals surface area contributed by atoms with E-state index in [9.17, 15) is 5.26 Å². The fourth-order valence-corrected chi connectivity index (χ4v) is 7.81. The standard InChI is InChI=1S/C37H33N3O/c1-39-19-18-27(22-38)31(23-39)26-10-6-8-24(20-26)25-9-7-11-28(21-25)40-32-14-4-2-12-29(32)36-33(40)16-17-35-37(36)30-13-3-5-15-34(30)41-35/h2-9,11-17,20-21,26,33,35-37H,10,18-19,23H2,1H3. The Morgan fingerprint density at radius 2 is 1.78 bits per heavy atom. The van der Waals surface area contributed by atoms with Crippen LogP contribution in [-0.4, -0.2) is 37.2 Å². The molecule has 8 rings (SSSR count). The van der Waals surface area contributed by atoms with Gasteiger partial charge in [-0.05, 0) is 72.5 Å². The van der Waals surface area contributed by atoms with E-state index in [-0.39, 0.29) is 18.1 Å². The topological polar surface area (TPSA) is 39.5 Å². The van der Waals surface area contributed by atoms with Gasteiger partial charge in [0, 0.05) is 53.4 Å². The Labute approximate surface area is 242 Å². The predicted octanol–water partition coefficient (Wildman–Crippen LogP) is 7.52. The van der Waals surface area contributed by atoms with E-state index in [1.807, 2.05) is 0 Å². The van der Waals surface area contributed by atoms with Crippen LogP contribution >= 0.6 is 0 Å². The first-order chi connectivity index (χ1) is 20.2. The molecule has 3 heterocycles. The molecule has 3 aliphatic heterocycles. The Kier molecular flexibility index (Phi) is 5.76. The molecule has 0 saturated heterocycles. The summed E-state index contributed by atoms with van der Waals surface area (Å²) >= 11 is 0. The van der Waals surface area contributed by atoms with Crippen LogP contribution in [0.15, 0.2) is 114 Å². The van der Waals surface area contributed by atoms with E-state index < -0.39 is 0 Å². The molecule has 4 nitrogen and oxygen atoms in total. The van der Waals surface area contributed by atoms with E-state index >= 15 is 0 Å². The number of para-hydroxylation sites is 2. The Morgan fingerprint density at radius 3 is 2.68 bits per heavy atom. The molecule has 0 radical (unpaired) electrons. The minimum Gasteiger partial charge on any atom is -0.485 e. The van der Waals surface area contributed by atoms with Crippen molar-refractivity contribution in [2.24, 2.45) is 5.92 Å². The third-order valence-electron chi connectivity index (χ3n) is 9.68. The predicted molar refractivity (Wildman–Crippen MR) is 164 cm³/mol. The van der Waals surface area contributed by atoms with E-state index in [2.05, 4.69) is 126 Å². The van der Waals surface area contributed by atoms with Crippen molar-refractivity contribution in [1.82, 2.24) is 4.90 Å². The molecule has 0 saturated carbocycles. The highest BCUT2D eigenvalue weighted by Crippen LogP contribution is 2.58. The summed E-state index contributed by atoms with van der Waals surface area (Å²) in [6.07, 6.45) is 13.5. The van der Waals surface area contributed by atoms with E-state index in [0.717, 1.165) is 37.3 Å². The monoisotopic (exact) mass is 535 g/mol. The minimum atomic E-state index is 0.0777. The van der Waals surface area contributed by atoms with Crippen LogP contribution in [0.25, 0.3) is 5.57 Å². The van der Waals surface area contributed by atoms with Crippen LogP contribution in [-0.2, 0) is 0 Å². The van der Waals surface area contributed by atoms with Crippen LogP contribution in [0.4, 0.5) is 11.4 Å². The molecule has 0 bridgehead atoms. The number of fused-ring (bicyclic) bond motifs is 7. The van der Waals surface area contributed by atoms with Crippen LogP contribution in [0.3, 0.4) is 0 Å². The maximum absolute atomic E-state index is 9.82. The maximum atomic E-state index is 9.82. The van der Waals surface area contributed by atoms with Gasteiger partial charge in [-0.15, -0.1) is 0 Å². The van der Waals surface area contributed by atoms with Crippen LogP contribution in [0.1, 0.15) is 41.4 Å². The van der Waals surface area contributed by atoms with Crippen molar-refractivity contribution in [2.75, 3.05) is 25.0 Å². The van der Waals surface area contributed by atoms with E-state index in [1.54, 1.807) is 0 Å². The second-order valence-corrected chi connectivity index (χ2v) is 12.0. The summed E-state index contributed by atoms with van der Waals surface area (Å²) in [5.74, 6) is 1.92. The van der Waals surface area contributed by atoms with Crippen molar-refractivity contribution in [2.45, 2.75) is 36.8 Å². The fourth-order valence-electron chi connectivity index (χ4n) is 7.81. The van der Waals surface area contributed by atoms with E-state index in [1.165, 1.54) is 39.2 Å². The lowest BCUT2D eigenvalue weighted by Gasteiger charge is -2.35. The molecule has 4 heteroatoms. The van der Waals surface area contributed by atoms with Crippen molar-refractivity contribution in [3.05, 3.63) is 131 Å². The molecule has 0 aromatic heterocycles. The molecular formula is C37H33N3O. The Balaban J connectivity index is 1.17. The van der Waals surface area contributed by atoms with Gasteiger partial charge in [-0.3, -0.25) is 0 Å². The van der Waals surface area contributed by atoms with Gasteiger partial charge in [-0.2, -0.15) is 5.26 Å². The van der Waals surface area contributed by atoms with Gasteiger partial charge >= 0.3 is 0 Å². The van der Waals surface area contributed by atoms with Crippen molar-refractivity contribution < 1.29 is 4.74 Å². The zero-order chi connectivity index (χ0) is 27.5. The molecule has 5 unspecified atom stereocenters. The summed E-state index contributed by atoms with van der Waals surface area (Å²) in [6, 6.07) is 29.2. The Morgan fingerprint density at radius 1 is 0.927 bits per heavy atom. The summed E-state index contributed by atoms with van der Waals surface area (Å²) in [4.78, 5) is 4.87. The van der Waals surface area contributed by atoms with Gasteiger partial charge in [0.05, 0.1) is 12.1 Å². The van der Waals surface area contributed by atoms with Gasteiger partial charge in [-0.25, -0.2) is 0 Å². The summed E-state index contributed by atoms with van der Waals surface area (Å²) in [7, 11) is 2.15. The number of nitrogens with zero attached hydrogens (tertiary/aromatic N) is 3. The maximum Gasteiger partial charge on any atom is 0.125 e. The molecule has 202 valence electrons. The molecule has 0 spiro atoms. The molecule has 0 N–H and O–H groups in total. The van der Waals surface area contributed by atoms with Crippen molar-refractivity contribution in [3.63, 3.8) is 0 Å². The number of hydrogen-bond donors (Lipinski definition) is 0. The van der Waals surface area contributed by atoms with Crippen molar-refractivity contribution >= 4 is 16.9 Å². The van der Waals surface area contributed by atoms with Gasteiger partial charge in [0.2, 0.25) is 0 Å². The highest BCUT2D eigenvalue weighted by Gasteiger charge is 2.50. The first-order valence-corrected chi connectivity index (χ1v) is 14.8. The number of nitriles is 1. The highest BCUT2D eigenvalue weighted by molar-refractivity contribution is 5.81. The summed E-state index contributed by atoms with van der Waals surface area (Å²) in [5, 5.41) is 9.82. The molecule has 2 aliphatic carbocycles. The number of benzene rings is 3. The summed E-state index contributed by atoms with van der Waals surface area (Å²) < 4.78 is 6.41. The third kappa shape index (κ3) is 3.91. The quantitative estimate of drug-likeness (QED) is 0.325. The average Bonchev–Trinajstić information content (AvgIpc) is 3.57. The number of likely N-dealkylation sites (N-methyl/N-ethyl adjacent to an activating group) is 1. The highest BCUT2D eigenvalue weighted by atomic mass is 16.5. The third-order valence-corrected chi connectivity index (χ3v) is 9.68. The number of rotatable bonds is 3. The first-order valence-electron chi connectivity index (χ1n) is 14.8. The molecule has 0 amide bonds. The zero-order valence-electron chi connectivity index (χ0n) is 23.3. The van der Waals surface area contributed by atoms with Gasteiger partial charge in [0.25, 0.3) is 0 Å². The van der Waals surface area contributed by atoms with E-state index in [4.69, 9.17) is 4.74 Å². The fraction of sp³-hybridized carbons (Fsp3) is 0.270. The molecule has 3 aromatic rings. The molecule has 41 heavy (non-hydrogen) atoms. The molecule has 3 aromatic carbocycles. The van der Waals surface area contributed by atoms with Gasteiger partial charge in [0.15, 0.2) is 0 Å². The largest absolute Gasteiger partial charge is 0.485 e. The smallest absolute Gasteiger partial charge is 0.125 e. The zero-order valence-corrected chi connectivity index (χ0v) is 23.3. The lowest BCUT2D eigenvalue weighted by Crippen LogP contribution is -2.37. The summed E-state index contributed by atoms with van der Waals surface area (Å²) in [6.45, 7) is 1.83. The van der Waals surface area contributed by atoms with E-state index in [0.29, 0.717) is 11.8 Å². The number of ether oxygens (including phenoxy) is 1. The second kappa shape index (κ2) is 9.65. The number of hydrogen-bond acceptors (Lipinski definition) is 4. The van der Waals surface area contributed by atoms with Gasteiger partial charge in [0.1, 0.15) is 11.9 Å². The van der Waals surface area contributed by atoms with Crippen LogP contribution < -0.4 is 9.64 Å². The number of anilines is 2.